The molecule has 3 aromatic rings. The van der Waals surface area contributed by atoms with Gasteiger partial charge >= 0.3 is 6.18 Å². The van der Waals surface area contributed by atoms with Gasteiger partial charge in [0.25, 0.3) is 5.91 Å². The molecule has 0 spiro atoms. The van der Waals surface area contributed by atoms with Gasteiger partial charge in [-0.2, -0.15) is 18.3 Å². The molecule has 0 atom stereocenters. The van der Waals surface area contributed by atoms with Crippen LogP contribution in [0.25, 0.3) is 0 Å². The van der Waals surface area contributed by atoms with Crippen LogP contribution in [-0.2, 0) is 12.8 Å². The van der Waals surface area contributed by atoms with Crippen molar-refractivity contribution in [1.29, 1.82) is 0 Å². The van der Waals surface area contributed by atoms with Crippen molar-refractivity contribution < 1.29 is 22.7 Å². The Morgan fingerprint density at radius 1 is 1.06 bits per heavy atom. The molecule has 0 aliphatic carbocycles. The van der Waals surface area contributed by atoms with Crippen LogP contribution in [-0.4, -0.2) is 12.1 Å². The van der Waals surface area contributed by atoms with Gasteiger partial charge in [-0.05, 0) is 85.5 Å². The maximum atomic E-state index is 12.8. The fourth-order valence-electron chi connectivity index (χ4n) is 2.59. The summed E-state index contributed by atoms with van der Waals surface area (Å²) in [6.45, 7) is 0.328. The van der Waals surface area contributed by atoms with Crippen LogP contribution < -0.4 is 10.2 Å². The van der Waals surface area contributed by atoms with Crippen LogP contribution in [0.5, 0.6) is 5.75 Å². The van der Waals surface area contributed by atoms with Crippen molar-refractivity contribution in [1.82, 2.24) is 5.43 Å². The predicted molar refractivity (Wildman–Crippen MR) is 124 cm³/mol. The molecule has 0 unspecified atom stereocenters. The molecule has 4 nitrogen and oxygen atoms in total. The summed E-state index contributed by atoms with van der Waals surface area (Å²) in [4.78, 5) is 12.1. The Morgan fingerprint density at radius 3 is 2.34 bits per heavy atom. The summed E-state index contributed by atoms with van der Waals surface area (Å²) in [6, 6.07) is 14.8. The minimum Gasteiger partial charge on any atom is -0.487 e. The monoisotopic (exact) mass is 588 g/mol. The quantitative estimate of drug-likeness (QED) is 0.243. The number of nitrogens with zero attached hydrogens (tertiary/aromatic N) is 1. The Kier molecular flexibility index (Phi) is 7.97. The topological polar surface area (TPSA) is 50.7 Å². The van der Waals surface area contributed by atoms with Gasteiger partial charge in [0.1, 0.15) is 12.4 Å². The van der Waals surface area contributed by atoms with E-state index in [0.29, 0.717) is 31.9 Å². The summed E-state index contributed by atoms with van der Waals surface area (Å²) in [7, 11) is 0. The molecule has 10 heteroatoms. The van der Waals surface area contributed by atoms with Gasteiger partial charge in [0.15, 0.2) is 0 Å². The first kappa shape index (κ1) is 24.3. The Morgan fingerprint density at radius 2 is 1.72 bits per heavy atom. The predicted octanol–water partition coefficient (Wildman–Crippen LogP) is 7.23. The first-order chi connectivity index (χ1) is 15.1. The number of alkyl halides is 3. The summed E-state index contributed by atoms with van der Waals surface area (Å²) in [5, 5.41) is 4.46. The molecule has 0 bridgehead atoms. The number of halogens is 6. The molecule has 0 saturated heterocycles. The third-order valence-corrected chi connectivity index (χ3v) is 5.58. The average Bonchev–Trinajstić information content (AvgIpc) is 2.74. The van der Waals surface area contributed by atoms with E-state index >= 15 is 0 Å². The summed E-state index contributed by atoms with van der Waals surface area (Å²) >= 11 is 12.7. The van der Waals surface area contributed by atoms with Gasteiger partial charge < -0.3 is 4.74 Å². The van der Waals surface area contributed by atoms with Gasteiger partial charge in [-0.25, -0.2) is 5.43 Å². The summed E-state index contributed by atoms with van der Waals surface area (Å²) < 4.78 is 45.5. The highest BCUT2D eigenvalue weighted by molar-refractivity contribution is 9.11. The number of rotatable bonds is 6. The van der Waals surface area contributed by atoms with Crippen molar-refractivity contribution >= 4 is 55.6 Å². The van der Waals surface area contributed by atoms with Crippen molar-refractivity contribution in [2.45, 2.75) is 12.8 Å². The van der Waals surface area contributed by atoms with Crippen LogP contribution >= 0.6 is 43.5 Å². The highest BCUT2D eigenvalue weighted by Crippen LogP contribution is 2.35. The van der Waals surface area contributed by atoms with Crippen LogP contribution in [0.15, 0.2) is 74.7 Å². The van der Waals surface area contributed by atoms with Crippen LogP contribution in [0.2, 0.25) is 5.02 Å². The maximum absolute atomic E-state index is 12.8. The lowest BCUT2D eigenvalue weighted by Crippen LogP contribution is -2.18. The number of hydrogen-bond acceptors (Lipinski definition) is 3. The van der Waals surface area contributed by atoms with Crippen LogP contribution in [0, 0.1) is 0 Å². The molecule has 32 heavy (non-hydrogen) atoms. The summed E-state index contributed by atoms with van der Waals surface area (Å²) in [5.41, 5.74) is 2.73. The number of ether oxygens (including phenoxy) is 1. The zero-order valence-electron chi connectivity index (χ0n) is 16.1. The summed E-state index contributed by atoms with van der Waals surface area (Å²) in [6.07, 6.45) is -3.17. The van der Waals surface area contributed by atoms with Gasteiger partial charge in [-0.1, -0.05) is 29.8 Å². The maximum Gasteiger partial charge on any atom is 0.416 e. The molecule has 0 aliphatic rings. The molecule has 166 valence electrons. The number of nitrogens with one attached hydrogen (secondary N) is 1. The minimum atomic E-state index is -4.53. The van der Waals surface area contributed by atoms with Crippen LogP contribution in [0.4, 0.5) is 13.2 Å². The number of benzene rings is 3. The normalized spacial score (nSPS) is 11.6. The second kappa shape index (κ2) is 10.5. The largest absolute Gasteiger partial charge is 0.487 e. The van der Waals surface area contributed by atoms with E-state index in [1.54, 1.807) is 24.3 Å². The molecule has 0 fully saturated rings. The molecular weight excluding hydrogens is 577 g/mol. The standard InChI is InChI=1S/C22H14Br2ClF3N2O2/c23-18-8-14(9-19(24)20(18)32-12-13-4-6-17(25)7-5-13)11-29-30-21(31)15-2-1-3-16(10-15)22(26,27)28/h1-11H,12H2,(H,30,31)/b29-11-. The molecule has 1 N–H and O–H groups in total. The molecule has 3 rings (SSSR count). The van der Waals surface area contributed by atoms with E-state index in [0.717, 1.165) is 17.7 Å². The van der Waals surface area contributed by atoms with Crippen molar-refractivity contribution in [3.63, 3.8) is 0 Å². The molecule has 0 aliphatic heterocycles. The SMILES string of the molecule is O=C(N/N=C\c1cc(Br)c(OCc2ccc(Cl)cc2)c(Br)c1)c1cccc(C(F)(F)F)c1. The van der Waals surface area contributed by atoms with Crippen molar-refractivity contribution in [3.8, 4) is 5.75 Å². The zero-order chi connectivity index (χ0) is 23.3. The first-order valence-corrected chi connectivity index (χ1v) is 11.0. The molecule has 0 saturated carbocycles. The molecule has 0 heterocycles. The van der Waals surface area contributed by atoms with E-state index in [1.807, 2.05) is 12.1 Å². The van der Waals surface area contributed by atoms with Gasteiger partial charge in [0.2, 0.25) is 0 Å². The number of amides is 1. The molecule has 0 radical (unpaired) electrons. The number of carbonyl (C=O) groups is 1. The Hall–Kier alpha value is -2.36. The second-order valence-electron chi connectivity index (χ2n) is 6.51. The van der Waals surface area contributed by atoms with Crippen molar-refractivity contribution in [2.75, 3.05) is 0 Å². The highest BCUT2D eigenvalue weighted by Gasteiger charge is 2.30. The lowest BCUT2D eigenvalue weighted by atomic mass is 10.1. The fourth-order valence-corrected chi connectivity index (χ4v) is 4.17. The lowest BCUT2D eigenvalue weighted by molar-refractivity contribution is -0.137. The highest BCUT2D eigenvalue weighted by atomic mass is 79.9. The second-order valence-corrected chi connectivity index (χ2v) is 8.65. The fraction of sp³-hybridized carbons (Fsp3) is 0.0909. The zero-order valence-corrected chi connectivity index (χ0v) is 20.0. The van der Waals surface area contributed by atoms with Crippen molar-refractivity contribution in [3.05, 3.63) is 96.9 Å². The van der Waals surface area contributed by atoms with E-state index in [1.165, 1.54) is 18.3 Å². The van der Waals surface area contributed by atoms with Crippen molar-refractivity contribution in [2.24, 2.45) is 5.10 Å². The van der Waals surface area contributed by atoms with Gasteiger partial charge in [0, 0.05) is 10.6 Å². The van der Waals surface area contributed by atoms with Crippen LogP contribution in [0.1, 0.15) is 27.0 Å². The summed E-state index contributed by atoms with van der Waals surface area (Å²) in [5.74, 6) is -0.182. The molecule has 3 aromatic carbocycles. The number of hydrazone groups is 1. The van der Waals surface area contributed by atoms with Gasteiger partial charge in [-0.15, -0.1) is 0 Å². The third-order valence-electron chi connectivity index (χ3n) is 4.15. The van der Waals surface area contributed by atoms with E-state index in [-0.39, 0.29) is 5.56 Å². The van der Waals surface area contributed by atoms with E-state index in [9.17, 15) is 18.0 Å². The van der Waals surface area contributed by atoms with Gasteiger partial charge in [0.05, 0.1) is 20.7 Å². The molecule has 1 amide bonds. The van der Waals surface area contributed by atoms with E-state index in [4.69, 9.17) is 16.3 Å². The third kappa shape index (κ3) is 6.57. The average molecular weight is 591 g/mol. The Bertz CT molecular complexity index is 1130. The molecular formula is C22H14Br2ClF3N2O2. The number of hydrogen-bond donors (Lipinski definition) is 1. The van der Waals surface area contributed by atoms with E-state index in [2.05, 4.69) is 42.4 Å². The first-order valence-electron chi connectivity index (χ1n) is 9.00. The van der Waals surface area contributed by atoms with Gasteiger partial charge in [-0.3, -0.25) is 4.79 Å². The van der Waals surface area contributed by atoms with E-state index < -0.39 is 17.6 Å². The lowest BCUT2D eigenvalue weighted by Gasteiger charge is -2.11. The Labute approximate surface area is 203 Å². The smallest absolute Gasteiger partial charge is 0.416 e. The number of carbonyl (C=O) groups excluding carboxylic acids is 1. The minimum absolute atomic E-state index is 0.148. The van der Waals surface area contributed by atoms with Crippen LogP contribution in [0.3, 0.4) is 0 Å². The molecule has 0 aromatic heterocycles. The Balaban J connectivity index is 1.65.